The van der Waals surface area contributed by atoms with Crippen LogP contribution >= 0.6 is 0 Å². The molecule has 2 fully saturated rings. The molecule has 0 atom stereocenters. The summed E-state index contributed by atoms with van der Waals surface area (Å²) in [6.45, 7) is 0.298. The van der Waals surface area contributed by atoms with Gasteiger partial charge in [-0.25, -0.2) is 14.4 Å². The summed E-state index contributed by atoms with van der Waals surface area (Å²) >= 11 is 0. The molecular formula is C23H25F4N7O2. The third kappa shape index (κ3) is 4.66. The molecule has 1 aliphatic heterocycles. The molecule has 0 amide bonds. The minimum atomic E-state index is -4.48. The lowest BCUT2D eigenvalue weighted by atomic mass is 9.71. The molecule has 3 heterocycles. The molecule has 36 heavy (non-hydrogen) atoms. The van der Waals surface area contributed by atoms with Gasteiger partial charge in [0, 0.05) is 11.5 Å². The fourth-order valence-electron chi connectivity index (χ4n) is 4.86. The van der Waals surface area contributed by atoms with E-state index in [2.05, 4.69) is 25.8 Å². The number of hydrogen-bond donors (Lipinski definition) is 3. The Balaban J connectivity index is 1.45. The van der Waals surface area contributed by atoms with Gasteiger partial charge in [-0.2, -0.15) is 23.3 Å². The smallest absolute Gasteiger partial charge is 0.405 e. The molecule has 0 radical (unpaired) electrons. The maximum Gasteiger partial charge on any atom is 0.405 e. The normalized spacial score (nSPS) is 17.7. The van der Waals surface area contributed by atoms with Crippen molar-refractivity contribution in [3.8, 4) is 17.0 Å². The maximum absolute atomic E-state index is 15.2. The van der Waals surface area contributed by atoms with Crippen LogP contribution in [0.5, 0.6) is 5.88 Å². The minimum absolute atomic E-state index is 0.00986. The van der Waals surface area contributed by atoms with Gasteiger partial charge in [0.15, 0.2) is 5.82 Å². The number of aromatic nitrogens is 3. The summed E-state index contributed by atoms with van der Waals surface area (Å²) in [5, 5.41) is 13.2. The van der Waals surface area contributed by atoms with Crippen LogP contribution in [0.4, 0.5) is 34.9 Å². The van der Waals surface area contributed by atoms with E-state index in [0.29, 0.717) is 11.4 Å². The molecule has 3 N–H and O–H groups in total. The van der Waals surface area contributed by atoms with Gasteiger partial charge < -0.3 is 20.1 Å². The van der Waals surface area contributed by atoms with Gasteiger partial charge >= 0.3 is 6.18 Å². The summed E-state index contributed by atoms with van der Waals surface area (Å²) in [4.78, 5) is 4.44. The highest BCUT2D eigenvalue weighted by molar-refractivity contribution is 5.88. The number of anilines is 2. The average Bonchev–Trinajstić information content (AvgIpc) is 3.16. The molecular weight excluding hydrogens is 482 g/mol. The fourth-order valence-corrected chi connectivity index (χ4v) is 4.86. The van der Waals surface area contributed by atoms with Crippen molar-refractivity contribution in [2.75, 3.05) is 37.5 Å². The number of ether oxygens (including phenoxy) is 2. The molecule has 0 bridgehead atoms. The first-order valence-corrected chi connectivity index (χ1v) is 11.5. The number of benzene rings is 1. The summed E-state index contributed by atoms with van der Waals surface area (Å²) in [5.74, 6) is -0.241. The SMILES string of the molecule is COc1nc(NC2CCC3(CC2)COC3)nn2cc(F)c(-c3ccc(N=N)c(NCC(F)(F)F)c3)c12. The van der Waals surface area contributed by atoms with Gasteiger partial charge in [-0.1, -0.05) is 6.07 Å². The molecule has 192 valence electrons. The third-order valence-corrected chi connectivity index (χ3v) is 6.83. The number of rotatable bonds is 7. The van der Waals surface area contributed by atoms with Gasteiger partial charge in [-0.05, 0) is 43.4 Å². The fraction of sp³-hybridized carbons (Fsp3) is 0.478. The van der Waals surface area contributed by atoms with Crippen LogP contribution in [-0.2, 0) is 4.74 Å². The average molecular weight is 507 g/mol. The Hall–Kier alpha value is -3.48. The van der Waals surface area contributed by atoms with Crippen molar-refractivity contribution in [3.05, 3.63) is 30.2 Å². The van der Waals surface area contributed by atoms with Crippen molar-refractivity contribution in [2.24, 2.45) is 10.5 Å². The Labute approximate surface area is 203 Å². The van der Waals surface area contributed by atoms with Gasteiger partial charge in [0.2, 0.25) is 11.8 Å². The summed E-state index contributed by atoms with van der Waals surface area (Å²) in [5.41, 5.74) is 8.03. The van der Waals surface area contributed by atoms with Crippen molar-refractivity contribution >= 4 is 22.8 Å². The lowest BCUT2D eigenvalue weighted by Crippen LogP contribution is -2.47. The van der Waals surface area contributed by atoms with Gasteiger partial charge in [0.25, 0.3) is 0 Å². The van der Waals surface area contributed by atoms with E-state index in [-0.39, 0.29) is 39.9 Å². The monoisotopic (exact) mass is 507 g/mol. The zero-order valence-electron chi connectivity index (χ0n) is 19.5. The molecule has 1 aromatic carbocycles. The topological polar surface area (TPSA) is 109 Å². The number of halogens is 4. The van der Waals surface area contributed by atoms with Crippen LogP contribution in [-0.4, -0.2) is 53.7 Å². The standard InChI is InChI=1S/C23H25F4N7O2/c1-35-20-19-18(13-2-3-16(32-28)17(8-13)29-10-23(25,26)27)15(24)9-34(19)33-21(31-20)30-14-4-6-22(7-5-14)11-36-12-22/h2-3,8-9,14,28-29H,4-7,10-12H2,1H3,(H,30,33). The van der Waals surface area contributed by atoms with Gasteiger partial charge in [-0.15, -0.1) is 5.10 Å². The highest BCUT2D eigenvalue weighted by atomic mass is 19.4. The lowest BCUT2D eigenvalue weighted by molar-refractivity contribution is -0.131. The van der Waals surface area contributed by atoms with E-state index in [1.54, 1.807) is 0 Å². The second-order valence-corrected chi connectivity index (χ2v) is 9.31. The van der Waals surface area contributed by atoms with Crippen LogP contribution in [0.2, 0.25) is 0 Å². The Morgan fingerprint density at radius 1 is 1.28 bits per heavy atom. The van der Waals surface area contributed by atoms with E-state index in [4.69, 9.17) is 15.0 Å². The molecule has 1 aliphatic carbocycles. The van der Waals surface area contributed by atoms with Crippen LogP contribution in [0.15, 0.2) is 29.5 Å². The van der Waals surface area contributed by atoms with Crippen LogP contribution < -0.4 is 15.4 Å². The summed E-state index contributed by atoms with van der Waals surface area (Å²) < 4.78 is 65.5. The van der Waals surface area contributed by atoms with Crippen LogP contribution in [0.25, 0.3) is 16.6 Å². The van der Waals surface area contributed by atoms with Crippen molar-refractivity contribution in [1.82, 2.24) is 14.6 Å². The van der Waals surface area contributed by atoms with E-state index in [1.165, 1.54) is 36.0 Å². The van der Waals surface area contributed by atoms with Gasteiger partial charge in [0.1, 0.15) is 17.7 Å². The second-order valence-electron chi connectivity index (χ2n) is 9.31. The number of fused-ring (bicyclic) bond motifs is 1. The predicted molar refractivity (Wildman–Crippen MR) is 123 cm³/mol. The largest absolute Gasteiger partial charge is 0.479 e. The van der Waals surface area contributed by atoms with Crippen molar-refractivity contribution in [1.29, 1.82) is 5.53 Å². The molecule has 2 aromatic heterocycles. The summed E-state index contributed by atoms with van der Waals surface area (Å²) in [7, 11) is 1.40. The van der Waals surface area contributed by atoms with E-state index < -0.39 is 18.5 Å². The Bertz CT molecular complexity index is 1280. The first kappa shape index (κ1) is 24.2. The predicted octanol–water partition coefficient (Wildman–Crippen LogP) is 5.55. The van der Waals surface area contributed by atoms with E-state index in [9.17, 15) is 13.2 Å². The van der Waals surface area contributed by atoms with E-state index >= 15 is 4.39 Å². The van der Waals surface area contributed by atoms with Crippen LogP contribution in [0.3, 0.4) is 0 Å². The van der Waals surface area contributed by atoms with Crippen LogP contribution in [0.1, 0.15) is 25.7 Å². The molecule has 2 aliphatic rings. The third-order valence-electron chi connectivity index (χ3n) is 6.83. The highest BCUT2D eigenvalue weighted by Gasteiger charge is 2.41. The zero-order valence-corrected chi connectivity index (χ0v) is 19.5. The Morgan fingerprint density at radius 2 is 2.03 bits per heavy atom. The van der Waals surface area contributed by atoms with E-state index in [0.717, 1.165) is 38.9 Å². The first-order valence-electron chi connectivity index (χ1n) is 11.5. The number of alkyl halides is 3. The number of hydrogen-bond acceptors (Lipinski definition) is 8. The zero-order chi connectivity index (χ0) is 25.5. The molecule has 13 heteroatoms. The summed E-state index contributed by atoms with van der Waals surface area (Å²) in [6.07, 6.45) is 0.690. The van der Waals surface area contributed by atoms with Gasteiger partial charge in [-0.3, -0.25) is 0 Å². The molecule has 3 aromatic rings. The lowest BCUT2D eigenvalue weighted by Gasteiger charge is -2.46. The molecule has 1 spiro atoms. The number of nitrogens with zero attached hydrogens (tertiary/aromatic N) is 4. The summed E-state index contributed by atoms with van der Waals surface area (Å²) in [6, 6.07) is 4.29. The second kappa shape index (κ2) is 9.19. The number of nitrogens with one attached hydrogen (secondary N) is 3. The molecule has 9 nitrogen and oxygen atoms in total. The molecule has 1 saturated heterocycles. The molecule has 5 rings (SSSR count). The van der Waals surface area contributed by atoms with E-state index in [1.807, 2.05) is 0 Å². The Kier molecular flexibility index (Phi) is 6.18. The maximum atomic E-state index is 15.2. The first-order chi connectivity index (χ1) is 17.2. The van der Waals surface area contributed by atoms with Crippen LogP contribution in [0, 0.1) is 16.8 Å². The van der Waals surface area contributed by atoms with Gasteiger partial charge in [0.05, 0.1) is 37.8 Å². The molecule has 0 unspecified atom stereocenters. The number of methoxy groups -OCH3 is 1. The highest BCUT2D eigenvalue weighted by Crippen LogP contribution is 2.43. The Morgan fingerprint density at radius 3 is 2.64 bits per heavy atom. The minimum Gasteiger partial charge on any atom is -0.479 e. The van der Waals surface area contributed by atoms with Crippen molar-refractivity contribution in [2.45, 2.75) is 37.9 Å². The molecule has 1 saturated carbocycles. The van der Waals surface area contributed by atoms with Crippen molar-refractivity contribution < 1.29 is 27.0 Å². The van der Waals surface area contributed by atoms with Crippen molar-refractivity contribution in [3.63, 3.8) is 0 Å². The quantitative estimate of drug-likeness (QED) is 0.286.